The molecule has 0 fully saturated rings. The number of para-hydroxylation sites is 1. The van der Waals surface area contributed by atoms with Crippen molar-refractivity contribution in [2.75, 3.05) is 12.4 Å². The second-order valence-electron chi connectivity index (χ2n) is 4.57. The Balaban J connectivity index is 1.84. The van der Waals surface area contributed by atoms with Gasteiger partial charge in [0.05, 0.1) is 19.3 Å². The van der Waals surface area contributed by atoms with E-state index in [2.05, 4.69) is 21.2 Å². The monoisotopic (exact) mass is 349 g/mol. The molecule has 0 aliphatic heterocycles. The Hall–Kier alpha value is -2.01. The van der Waals surface area contributed by atoms with Crippen molar-refractivity contribution >= 4 is 32.6 Å². The van der Waals surface area contributed by atoms with E-state index in [9.17, 15) is 4.39 Å². The molecule has 5 heteroatoms. The fourth-order valence-corrected chi connectivity index (χ4v) is 2.54. The average molecular weight is 350 g/mol. The van der Waals surface area contributed by atoms with Gasteiger partial charge in [0.2, 0.25) is 0 Å². The van der Waals surface area contributed by atoms with Gasteiger partial charge in [-0.3, -0.25) is 0 Å². The first-order valence-corrected chi connectivity index (χ1v) is 7.21. The molecule has 0 aliphatic carbocycles. The molecule has 3 nitrogen and oxygen atoms in total. The molecule has 0 saturated heterocycles. The highest BCUT2D eigenvalue weighted by Crippen LogP contribution is 2.29. The van der Waals surface area contributed by atoms with Crippen molar-refractivity contribution < 1.29 is 13.5 Å². The van der Waals surface area contributed by atoms with Gasteiger partial charge in [-0.25, -0.2) is 4.39 Å². The average Bonchev–Trinajstić information content (AvgIpc) is 2.91. The highest BCUT2D eigenvalue weighted by Gasteiger charge is 2.09. The lowest BCUT2D eigenvalue weighted by molar-refractivity contribution is 0.408. The summed E-state index contributed by atoms with van der Waals surface area (Å²) < 4.78 is 25.1. The summed E-state index contributed by atoms with van der Waals surface area (Å²) in [7, 11) is 1.61. The van der Waals surface area contributed by atoms with Crippen molar-refractivity contribution in [2.45, 2.75) is 6.54 Å². The Labute approximate surface area is 129 Å². The number of rotatable bonds is 4. The Kier molecular flexibility index (Phi) is 3.84. The number of furan rings is 1. The number of nitrogens with one attached hydrogen (secondary N) is 1. The van der Waals surface area contributed by atoms with Crippen LogP contribution in [0.2, 0.25) is 0 Å². The first-order chi connectivity index (χ1) is 10.2. The second-order valence-corrected chi connectivity index (χ2v) is 5.42. The first kappa shape index (κ1) is 13.9. The Bertz CT molecular complexity index is 785. The predicted molar refractivity (Wildman–Crippen MR) is 84.2 cm³/mol. The summed E-state index contributed by atoms with van der Waals surface area (Å²) in [5.74, 6) is 1.17. The zero-order valence-corrected chi connectivity index (χ0v) is 12.9. The summed E-state index contributed by atoms with van der Waals surface area (Å²) in [6, 6.07) is 12.2. The van der Waals surface area contributed by atoms with E-state index in [0.29, 0.717) is 18.0 Å². The number of anilines is 1. The highest BCUT2D eigenvalue weighted by atomic mass is 79.9. The van der Waals surface area contributed by atoms with Crippen LogP contribution in [0, 0.1) is 5.82 Å². The van der Waals surface area contributed by atoms with Gasteiger partial charge in [-0.15, -0.1) is 0 Å². The maximum absolute atomic E-state index is 13.2. The molecule has 3 rings (SSSR count). The lowest BCUT2D eigenvalue weighted by Gasteiger charge is -2.06. The first-order valence-electron chi connectivity index (χ1n) is 6.42. The van der Waals surface area contributed by atoms with E-state index < -0.39 is 0 Å². The van der Waals surface area contributed by atoms with Crippen LogP contribution in [-0.4, -0.2) is 7.11 Å². The van der Waals surface area contributed by atoms with Gasteiger partial charge < -0.3 is 14.5 Å². The van der Waals surface area contributed by atoms with Crippen LogP contribution in [0.25, 0.3) is 11.0 Å². The summed E-state index contributed by atoms with van der Waals surface area (Å²) in [5.41, 5.74) is 1.40. The Morgan fingerprint density at radius 1 is 1.24 bits per heavy atom. The number of hydrogen-bond donors (Lipinski definition) is 1. The van der Waals surface area contributed by atoms with Gasteiger partial charge in [-0.1, -0.05) is 12.1 Å². The van der Waals surface area contributed by atoms with Crippen molar-refractivity contribution in [2.24, 2.45) is 0 Å². The van der Waals surface area contributed by atoms with E-state index in [-0.39, 0.29) is 5.82 Å². The molecule has 1 N–H and O–H groups in total. The number of ether oxygens (including phenoxy) is 1. The lowest BCUT2D eigenvalue weighted by Crippen LogP contribution is -1.99. The molecular weight excluding hydrogens is 337 g/mol. The van der Waals surface area contributed by atoms with Crippen molar-refractivity contribution in [1.82, 2.24) is 0 Å². The summed E-state index contributed by atoms with van der Waals surface area (Å²) in [5, 5.41) is 4.12. The smallest absolute Gasteiger partial charge is 0.176 e. The number of methoxy groups -OCH3 is 1. The van der Waals surface area contributed by atoms with Gasteiger partial charge in [-0.2, -0.15) is 0 Å². The molecule has 0 bridgehead atoms. The third-order valence-corrected chi connectivity index (χ3v) is 3.85. The number of benzene rings is 2. The quantitative estimate of drug-likeness (QED) is 0.723. The molecule has 0 amide bonds. The zero-order valence-electron chi connectivity index (χ0n) is 11.3. The van der Waals surface area contributed by atoms with Gasteiger partial charge in [0.25, 0.3) is 0 Å². The summed E-state index contributed by atoms with van der Waals surface area (Å²) in [6.45, 7) is 0.458. The SMILES string of the molecule is COc1cccc2cc(CNc3cc(F)ccc3Br)oc12. The number of fused-ring (bicyclic) bond motifs is 1. The van der Waals surface area contributed by atoms with Gasteiger partial charge in [0, 0.05) is 9.86 Å². The van der Waals surface area contributed by atoms with Crippen molar-refractivity contribution in [1.29, 1.82) is 0 Å². The normalized spacial score (nSPS) is 10.8. The second kappa shape index (κ2) is 5.77. The highest BCUT2D eigenvalue weighted by molar-refractivity contribution is 9.10. The minimum Gasteiger partial charge on any atom is -0.493 e. The largest absolute Gasteiger partial charge is 0.493 e. The molecule has 0 atom stereocenters. The minimum atomic E-state index is -0.285. The van der Waals surface area contributed by atoms with Gasteiger partial charge in [0.1, 0.15) is 11.6 Å². The molecular formula is C16H13BrFNO2. The van der Waals surface area contributed by atoms with E-state index >= 15 is 0 Å². The zero-order chi connectivity index (χ0) is 14.8. The van der Waals surface area contributed by atoms with E-state index in [0.717, 1.165) is 21.2 Å². The standard InChI is InChI=1S/C16H13BrFNO2/c1-20-15-4-2-3-10-7-12(21-16(10)15)9-19-14-8-11(18)5-6-13(14)17/h2-8,19H,9H2,1H3. The van der Waals surface area contributed by atoms with Gasteiger partial charge >= 0.3 is 0 Å². The predicted octanol–water partition coefficient (Wildman–Crippen LogP) is 4.96. The van der Waals surface area contributed by atoms with Crippen LogP contribution in [0.4, 0.5) is 10.1 Å². The molecule has 1 heterocycles. The van der Waals surface area contributed by atoms with Crippen LogP contribution in [0.5, 0.6) is 5.75 Å². The minimum absolute atomic E-state index is 0.285. The number of hydrogen-bond acceptors (Lipinski definition) is 3. The molecule has 0 unspecified atom stereocenters. The number of halogens is 2. The van der Waals surface area contributed by atoms with Crippen molar-refractivity contribution in [3.63, 3.8) is 0 Å². The lowest BCUT2D eigenvalue weighted by atomic mass is 10.2. The van der Waals surface area contributed by atoms with Crippen LogP contribution >= 0.6 is 15.9 Å². The van der Waals surface area contributed by atoms with Crippen LogP contribution in [0.15, 0.2) is 51.4 Å². The topological polar surface area (TPSA) is 34.4 Å². The van der Waals surface area contributed by atoms with E-state index in [1.807, 2.05) is 24.3 Å². The van der Waals surface area contributed by atoms with E-state index in [1.54, 1.807) is 13.2 Å². The molecule has 3 aromatic rings. The van der Waals surface area contributed by atoms with Crippen LogP contribution in [-0.2, 0) is 6.54 Å². The Morgan fingerprint density at radius 3 is 2.90 bits per heavy atom. The van der Waals surface area contributed by atoms with Gasteiger partial charge in [0.15, 0.2) is 11.3 Å². The molecule has 0 spiro atoms. The third kappa shape index (κ3) is 2.88. The maximum Gasteiger partial charge on any atom is 0.176 e. The summed E-state index contributed by atoms with van der Waals surface area (Å²) in [6.07, 6.45) is 0. The fourth-order valence-electron chi connectivity index (χ4n) is 2.15. The molecule has 21 heavy (non-hydrogen) atoms. The fraction of sp³-hybridized carbons (Fsp3) is 0.125. The van der Waals surface area contributed by atoms with Crippen LogP contribution in [0.3, 0.4) is 0 Å². The molecule has 2 aromatic carbocycles. The molecule has 108 valence electrons. The van der Waals surface area contributed by atoms with Crippen molar-refractivity contribution in [3.05, 3.63) is 58.5 Å². The van der Waals surface area contributed by atoms with Crippen molar-refractivity contribution in [3.8, 4) is 5.75 Å². The molecule has 0 saturated carbocycles. The summed E-state index contributed by atoms with van der Waals surface area (Å²) >= 11 is 3.38. The van der Waals surface area contributed by atoms with E-state index in [1.165, 1.54) is 12.1 Å². The van der Waals surface area contributed by atoms with E-state index in [4.69, 9.17) is 9.15 Å². The van der Waals surface area contributed by atoms with Gasteiger partial charge in [-0.05, 0) is 46.3 Å². The molecule has 0 radical (unpaired) electrons. The molecule has 1 aromatic heterocycles. The Morgan fingerprint density at radius 2 is 2.10 bits per heavy atom. The maximum atomic E-state index is 13.2. The van der Waals surface area contributed by atoms with Crippen LogP contribution in [0.1, 0.15) is 5.76 Å². The third-order valence-electron chi connectivity index (χ3n) is 3.16. The molecule has 0 aliphatic rings. The summed E-state index contributed by atoms with van der Waals surface area (Å²) in [4.78, 5) is 0. The van der Waals surface area contributed by atoms with Crippen LogP contribution < -0.4 is 10.1 Å².